The fraction of sp³-hybridized carbons (Fsp3) is 0.303. The highest BCUT2D eigenvalue weighted by Crippen LogP contribution is 2.31. The second-order valence-corrected chi connectivity index (χ2v) is 10.8. The lowest BCUT2D eigenvalue weighted by Crippen LogP contribution is -2.37. The zero-order valence-corrected chi connectivity index (χ0v) is 23.1. The predicted molar refractivity (Wildman–Crippen MR) is 152 cm³/mol. The van der Waals surface area contributed by atoms with E-state index >= 15 is 0 Å². The molecule has 3 aromatic carbocycles. The van der Waals surface area contributed by atoms with Gasteiger partial charge < -0.3 is 10.4 Å². The average molecular weight is 573 g/mol. The number of aliphatic hydroxyl groups excluding tert-OH is 1. The molecule has 216 valence electrons. The zero-order chi connectivity index (χ0) is 29.9. The summed E-state index contributed by atoms with van der Waals surface area (Å²) in [6.07, 6.45) is -1.99. The number of carbonyl (C=O) groups excluding carboxylic acids is 1. The lowest BCUT2D eigenvalue weighted by atomic mass is 9.89. The van der Waals surface area contributed by atoms with E-state index in [4.69, 9.17) is 0 Å². The number of aliphatic hydroxyl groups is 1. The number of rotatable bonds is 8. The largest absolute Gasteiger partial charge is 0.435 e. The number of alkyl halides is 3. The van der Waals surface area contributed by atoms with Gasteiger partial charge in [-0.1, -0.05) is 60.2 Å². The van der Waals surface area contributed by atoms with Crippen molar-refractivity contribution in [3.63, 3.8) is 0 Å². The van der Waals surface area contributed by atoms with Crippen molar-refractivity contribution in [3.8, 4) is 11.8 Å². The molecule has 1 saturated carbocycles. The first-order valence-electron chi connectivity index (χ1n) is 13.9. The van der Waals surface area contributed by atoms with Gasteiger partial charge in [0.1, 0.15) is 5.69 Å². The quantitative estimate of drug-likeness (QED) is 0.236. The van der Waals surface area contributed by atoms with Crippen molar-refractivity contribution in [1.82, 2.24) is 15.1 Å². The molecule has 2 N–H and O–H groups in total. The van der Waals surface area contributed by atoms with Crippen LogP contribution in [0, 0.1) is 18.3 Å². The van der Waals surface area contributed by atoms with Gasteiger partial charge in [0.15, 0.2) is 11.5 Å². The van der Waals surface area contributed by atoms with E-state index in [1.54, 1.807) is 6.07 Å². The lowest BCUT2D eigenvalue weighted by molar-refractivity contribution is -0.141. The van der Waals surface area contributed by atoms with Gasteiger partial charge in [-0.2, -0.15) is 23.5 Å². The first-order chi connectivity index (χ1) is 20.1. The molecule has 0 amide bonds. The number of carbonyl (C=O) groups is 1. The Kier molecular flexibility index (Phi) is 8.57. The number of aromatic nitrogens is 2. The molecule has 1 atom stereocenters. The molecule has 4 aromatic rings. The topological polar surface area (TPSA) is 90.9 Å². The highest BCUT2D eigenvalue weighted by atomic mass is 19.4. The molecule has 1 aromatic heterocycles. The Bertz CT molecular complexity index is 1600. The maximum Gasteiger partial charge on any atom is 0.435 e. The van der Waals surface area contributed by atoms with Crippen molar-refractivity contribution in [3.05, 3.63) is 118 Å². The number of hydrogen-bond acceptors (Lipinski definition) is 5. The van der Waals surface area contributed by atoms with Crippen LogP contribution in [0.5, 0.6) is 0 Å². The molecule has 1 unspecified atom stereocenters. The first-order valence-corrected chi connectivity index (χ1v) is 13.9. The van der Waals surface area contributed by atoms with Crippen LogP contribution < -0.4 is 5.32 Å². The Hall–Kier alpha value is -4.26. The van der Waals surface area contributed by atoms with Crippen LogP contribution in [0.4, 0.5) is 13.2 Å². The number of aryl methyl sites for hydroxylation is 1. The average Bonchev–Trinajstić information content (AvgIpc) is 3.45. The van der Waals surface area contributed by atoms with E-state index in [1.165, 1.54) is 24.3 Å². The van der Waals surface area contributed by atoms with E-state index in [1.807, 2.05) is 43.3 Å². The van der Waals surface area contributed by atoms with Gasteiger partial charge in [-0.05, 0) is 67.5 Å². The number of ketones is 1. The number of Topliss-reactive ketones (excluding diaryl/α,β-unsaturated/α-hetero) is 1. The van der Waals surface area contributed by atoms with Crippen LogP contribution >= 0.6 is 0 Å². The van der Waals surface area contributed by atoms with Crippen LogP contribution in [0.2, 0.25) is 0 Å². The van der Waals surface area contributed by atoms with Gasteiger partial charge in [-0.3, -0.25) is 4.79 Å². The molecule has 9 heteroatoms. The third-order valence-electron chi connectivity index (χ3n) is 7.66. The third-order valence-corrected chi connectivity index (χ3v) is 7.66. The monoisotopic (exact) mass is 572 g/mol. The van der Waals surface area contributed by atoms with E-state index < -0.39 is 17.7 Å². The summed E-state index contributed by atoms with van der Waals surface area (Å²) < 4.78 is 41.8. The van der Waals surface area contributed by atoms with Gasteiger partial charge in [0.05, 0.1) is 29.5 Å². The van der Waals surface area contributed by atoms with Crippen molar-refractivity contribution < 1.29 is 23.1 Å². The van der Waals surface area contributed by atoms with Gasteiger partial charge in [-0.15, -0.1) is 0 Å². The van der Waals surface area contributed by atoms with E-state index in [0.717, 1.165) is 53.1 Å². The fourth-order valence-electron chi connectivity index (χ4n) is 5.40. The van der Waals surface area contributed by atoms with Crippen molar-refractivity contribution >= 4 is 5.78 Å². The van der Waals surface area contributed by atoms with Crippen molar-refractivity contribution in [2.24, 2.45) is 0 Å². The molecular formula is C33H31F3N4O2. The van der Waals surface area contributed by atoms with Crippen LogP contribution in [0.3, 0.4) is 0 Å². The zero-order valence-electron chi connectivity index (χ0n) is 23.1. The molecule has 1 aliphatic rings. The minimum Gasteiger partial charge on any atom is -0.393 e. The van der Waals surface area contributed by atoms with E-state index in [-0.39, 0.29) is 41.6 Å². The number of benzene rings is 3. The number of halogens is 3. The van der Waals surface area contributed by atoms with Crippen LogP contribution in [-0.2, 0) is 12.6 Å². The van der Waals surface area contributed by atoms with Gasteiger partial charge in [0.25, 0.3) is 0 Å². The second-order valence-electron chi connectivity index (χ2n) is 10.8. The van der Waals surface area contributed by atoms with E-state index in [2.05, 4.69) is 22.5 Å². The van der Waals surface area contributed by atoms with Gasteiger partial charge >= 0.3 is 6.18 Å². The number of hydrogen-bond donors (Lipinski definition) is 2. The molecular weight excluding hydrogens is 541 g/mol. The van der Waals surface area contributed by atoms with Crippen LogP contribution in [0.25, 0.3) is 5.69 Å². The summed E-state index contributed by atoms with van der Waals surface area (Å²) in [5.74, 6) is -0.529. The van der Waals surface area contributed by atoms with Crippen molar-refractivity contribution in [2.75, 3.05) is 0 Å². The van der Waals surface area contributed by atoms with Crippen LogP contribution in [0.15, 0.2) is 78.9 Å². The summed E-state index contributed by atoms with van der Waals surface area (Å²) in [5, 5.41) is 26.6. The maximum atomic E-state index is 13.6. The molecule has 0 spiro atoms. The molecule has 1 fully saturated rings. The number of nitrogens with one attached hydrogen (secondary N) is 1. The molecule has 0 radical (unpaired) electrons. The summed E-state index contributed by atoms with van der Waals surface area (Å²) in [7, 11) is 0. The normalized spacial score (nSPS) is 17.9. The molecule has 1 aliphatic carbocycles. The van der Waals surface area contributed by atoms with Crippen molar-refractivity contribution in [1.29, 1.82) is 5.26 Å². The fourth-order valence-corrected chi connectivity index (χ4v) is 5.40. The Morgan fingerprint density at radius 1 is 1.02 bits per heavy atom. The Morgan fingerprint density at radius 2 is 1.74 bits per heavy atom. The molecule has 42 heavy (non-hydrogen) atoms. The minimum atomic E-state index is -4.74. The van der Waals surface area contributed by atoms with Gasteiger partial charge in [0, 0.05) is 18.5 Å². The maximum absolute atomic E-state index is 13.6. The van der Waals surface area contributed by atoms with E-state index in [0.29, 0.717) is 5.56 Å². The Morgan fingerprint density at radius 3 is 2.43 bits per heavy atom. The van der Waals surface area contributed by atoms with Crippen LogP contribution in [0.1, 0.15) is 75.7 Å². The summed E-state index contributed by atoms with van der Waals surface area (Å²) in [5.41, 5.74) is 2.82. The standard InChI is InChI=1S/C33H31F3N4O2/c1-21-8-10-24(11-9-21)32(38-26-12-14-28(41)15-13-26)25-6-2-4-22(16-25)18-30(42)29-19-31(33(34,35)36)39-40(29)27-7-3-5-23(17-27)20-37/h2-11,16-17,19,26,28,32,38,41H,12-15,18H2,1H3. The highest BCUT2D eigenvalue weighted by molar-refractivity contribution is 5.96. The summed E-state index contributed by atoms with van der Waals surface area (Å²) >= 11 is 0. The number of nitriles is 1. The molecule has 1 heterocycles. The van der Waals surface area contributed by atoms with Gasteiger partial charge in [-0.25, -0.2) is 4.68 Å². The smallest absolute Gasteiger partial charge is 0.393 e. The molecule has 0 saturated heterocycles. The highest BCUT2D eigenvalue weighted by Gasteiger charge is 2.36. The summed E-state index contributed by atoms with van der Waals surface area (Å²) in [4.78, 5) is 13.5. The first kappa shape index (κ1) is 29.2. The Labute approximate surface area is 242 Å². The molecule has 6 nitrogen and oxygen atoms in total. The summed E-state index contributed by atoms with van der Waals surface area (Å²) in [6.45, 7) is 2.02. The van der Waals surface area contributed by atoms with Crippen LogP contribution in [-0.4, -0.2) is 32.8 Å². The molecule has 5 rings (SSSR count). The predicted octanol–water partition coefficient (Wildman–Crippen LogP) is 6.48. The third kappa shape index (κ3) is 6.78. The Balaban J connectivity index is 1.45. The minimum absolute atomic E-state index is 0.134. The van der Waals surface area contributed by atoms with Crippen molar-refractivity contribution in [2.45, 2.75) is 63.4 Å². The van der Waals surface area contributed by atoms with E-state index in [9.17, 15) is 28.3 Å². The lowest BCUT2D eigenvalue weighted by Gasteiger charge is -2.31. The SMILES string of the molecule is Cc1ccc(C(NC2CCC(O)CC2)c2cccc(CC(=O)c3cc(C(F)(F)F)nn3-c3cccc(C#N)c3)c2)cc1. The molecule has 0 aliphatic heterocycles. The molecule has 0 bridgehead atoms. The number of nitrogens with zero attached hydrogens (tertiary/aromatic N) is 3. The summed E-state index contributed by atoms with van der Waals surface area (Å²) in [6, 6.07) is 24.5. The van der Waals surface area contributed by atoms with Gasteiger partial charge in [0.2, 0.25) is 0 Å². The second kappa shape index (κ2) is 12.3.